The zero-order valence-corrected chi connectivity index (χ0v) is 10.2. The van der Waals surface area contributed by atoms with Crippen LogP contribution in [0.3, 0.4) is 0 Å². The highest BCUT2D eigenvalue weighted by Gasteiger charge is 2.28. The number of nitrogens with zero attached hydrogens (tertiary/aromatic N) is 2. The maximum absolute atomic E-state index is 4.28. The summed E-state index contributed by atoms with van der Waals surface area (Å²) in [4.78, 5) is 8.55. The van der Waals surface area contributed by atoms with Crippen LogP contribution in [0.15, 0.2) is 12.4 Å². The molecule has 0 aromatic carbocycles. The Morgan fingerprint density at radius 2 is 2.25 bits per heavy atom. The summed E-state index contributed by atoms with van der Waals surface area (Å²) in [5.74, 6) is 1.38. The first-order valence-corrected chi connectivity index (χ1v) is 5.90. The fraction of sp³-hybridized carbons (Fsp3) is 0.667. The first-order valence-electron chi connectivity index (χ1n) is 5.90. The highest BCUT2D eigenvalue weighted by molar-refractivity contribution is 5.39. The van der Waals surface area contributed by atoms with Crippen molar-refractivity contribution < 1.29 is 0 Å². The summed E-state index contributed by atoms with van der Waals surface area (Å²) in [5, 5.41) is 6.86. The van der Waals surface area contributed by atoms with Gasteiger partial charge in [0.25, 0.3) is 0 Å². The molecule has 1 fully saturated rings. The summed E-state index contributed by atoms with van der Waals surface area (Å²) in [6.07, 6.45) is 2.78. The lowest BCUT2D eigenvalue weighted by atomic mass is 10.0. The Kier molecular flexibility index (Phi) is 3.10. The zero-order valence-electron chi connectivity index (χ0n) is 10.2. The van der Waals surface area contributed by atoms with Crippen LogP contribution in [0.4, 0.5) is 5.82 Å². The first kappa shape index (κ1) is 11.3. The lowest BCUT2D eigenvalue weighted by molar-refractivity contribution is 0.563. The maximum atomic E-state index is 4.28. The van der Waals surface area contributed by atoms with Crippen molar-refractivity contribution in [1.82, 2.24) is 15.3 Å². The monoisotopic (exact) mass is 220 g/mol. The number of hydrogen-bond acceptors (Lipinski definition) is 4. The lowest BCUT2D eigenvalue weighted by Gasteiger charge is -2.25. The standard InChI is InChI=1S/C12H20N4/c1-9(2)10-6-11(15-8-14-10)16-12(3)4-5-13-7-12/h6,8-9,13H,4-5,7H2,1-3H3,(H,14,15,16). The quantitative estimate of drug-likeness (QED) is 0.815. The Balaban J connectivity index is 2.12. The molecular formula is C12H20N4. The summed E-state index contributed by atoms with van der Waals surface area (Å²) in [7, 11) is 0. The summed E-state index contributed by atoms with van der Waals surface area (Å²) in [6, 6.07) is 2.05. The van der Waals surface area contributed by atoms with Crippen LogP contribution in [0.1, 0.15) is 38.8 Å². The van der Waals surface area contributed by atoms with Gasteiger partial charge >= 0.3 is 0 Å². The number of anilines is 1. The van der Waals surface area contributed by atoms with Crippen molar-refractivity contribution in [2.24, 2.45) is 0 Å². The molecule has 88 valence electrons. The van der Waals surface area contributed by atoms with Crippen molar-refractivity contribution in [2.75, 3.05) is 18.4 Å². The van der Waals surface area contributed by atoms with Gasteiger partial charge in [-0.1, -0.05) is 13.8 Å². The molecule has 0 spiro atoms. The van der Waals surface area contributed by atoms with E-state index in [9.17, 15) is 0 Å². The summed E-state index contributed by atoms with van der Waals surface area (Å²) in [6.45, 7) is 8.58. The predicted molar refractivity (Wildman–Crippen MR) is 65.6 cm³/mol. The highest BCUT2D eigenvalue weighted by atomic mass is 15.1. The molecule has 2 rings (SSSR count). The van der Waals surface area contributed by atoms with E-state index >= 15 is 0 Å². The van der Waals surface area contributed by atoms with Crippen molar-refractivity contribution in [2.45, 2.75) is 38.6 Å². The average Bonchev–Trinajstić information content (AvgIpc) is 2.65. The largest absolute Gasteiger partial charge is 0.363 e. The van der Waals surface area contributed by atoms with Crippen molar-refractivity contribution >= 4 is 5.82 Å². The van der Waals surface area contributed by atoms with Gasteiger partial charge in [-0.05, 0) is 25.8 Å². The lowest BCUT2D eigenvalue weighted by Crippen LogP contribution is -2.37. The third kappa shape index (κ3) is 2.50. The van der Waals surface area contributed by atoms with Gasteiger partial charge in [-0.2, -0.15) is 0 Å². The molecule has 1 aromatic heterocycles. The molecule has 0 bridgehead atoms. The van der Waals surface area contributed by atoms with Crippen LogP contribution in [0, 0.1) is 0 Å². The van der Waals surface area contributed by atoms with E-state index in [1.165, 1.54) is 0 Å². The number of hydrogen-bond donors (Lipinski definition) is 2. The van der Waals surface area contributed by atoms with Crippen molar-refractivity contribution in [3.8, 4) is 0 Å². The third-order valence-corrected chi connectivity index (χ3v) is 3.08. The van der Waals surface area contributed by atoms with E-state index in [2.05, 4.69) is 41.4 Å². The van der Waals surface area contributed by atoms with E-state index in [1.807, 2.05) is 6.07 Å². The topological polar surface area (TPSA) is 49.8 Å². The van der Waals surface area contributed by atoms with Crippen LogP contribution in [-0.2, 0) is 0 Å². The number of nitrogens with one attached hydrogen (secondary N) is 2. The number of rotatable bonds is 3. The van der Waals surface area contributed by atoms with Gasteiger partial charge < -0.3 is 10.6 Å². The molecule has 1 aliphatic rings. The molecular weight excluding hydrogens is 200 g/mol. The molecule has 4 nitrogen and oxygen atoms in total. The van der Waals surface area contributed by atoms with Crippen LogP contribution in [-0.4, -0.2) is 28.6 Å². The Morgan fingerprint density at radius 1 is 1.44 bits per heavy atom. The highest BCUT2D eigenvalue weighted by Crippen LogP contribution is 2.21. The van der Waals surface area contributed by atoms with Crippen molar-refractivity contribution in [1.29, 1.82) is 0 Å². The van der Waals surface area contributed by atoms with Crippen LogP contribution in [0.2, 0.25) is 0 Å². The first-order chi connectivity index (χ1) is 7.59. The Bertz CT molecular complexity index is 356. The van der Waals surface area contributed by atoms with Crippen molar-refractivity contribution in [3.05, 3.63) is 18.1 Å². The summed E-state index contributed by atoms with van der Waals surface area (Å²) >= 11 is 0. The molecule has 4 heteroatoms. The van der Waals surface area contributed by atoms with Crippen LogP contribution >= 0.6 is 0 Å². The minimum absolute atomic E-state index is 0.128. The smallest absolute Gasteiger partial charge is 0.130 e. The number of aromatic nitrogens is 2. The van der Waals surface area contributed by atoms with E-state index in [0.29, 0.717) is 5.92 Å². The summed E-state index contributed by atoms with van der Waals surface area (Å²) in [5.41, 5.74) is 1.22. The molecule has 2 N–H and O–H groups in total. The SMILES string of the molecule is CC(C)c1cc(NC2(C)CCNC2)ncn1. The van der Waals surface area contributed by atoms with E-state index in [1.54, 1.807) is 6.33 Å². The van der Waals surface area contributed by atoms with E-state index in [4.69, 9.17) is 0 Å². The normalized spacial score (nSPS) is 25.0. The Morgan fingerprint density at radius 3 is 2.88 bits per heavy atom. The second kappa shape index (κ2) is 4.37. The fourth-order valence-corrected chi connectivity index (χ4v) is 1.99. The van der Waals surface area contributed by atoms with E-state index in [-0.39, 0.29) is 5.54 Å². The molecule has 0 amide bonds. The van der Waals surface area contributed by atoms with Gasteiger partial charge in [0.2, 0.25) is 0 Å². The summed E-state index contributed by atoms with van der Waals surface area (Å²) < 4.78 is 0. The molecule has 1 aliphatic heterocycles. The molecule has 2 heterocycles. The second-order valence-electron chi connectivity index (χ2n) is 5.10. The van der Waals surface area contributed by atoms with Crippen LogP contribution in [0.5, 0.6) is 0 Å². The molecule has 0 aliphatic carbocycles. The Hall–Kier alpha value is -1.16. The van der Waals surface area contributed by atoms with E-state index < -0.39 is 0 Å². The van der Waals surface area contributed by atoms with Gasteiger partial charge in [-0.15, -0.1) is 0 Å². The van der Waals surface area contributed by atoms with Gasteiger partial charge in [0, 0.05) is 23.8 Å². The van der Waals surface area contributed by atoms with Crippen LogP contribution in [0.25, 0.3) is 0 Å². The van der Waals surface area contributed by atoms with E-state index in [0.717, 1.165) is 31.0 Å². The minimum atomic E-state index is 0.128. The van der Waals surface area contributed by atoms with Crippen molar-refractivity contribution in [3.63, 3.8) is 0 Å². The Labute approximate surface area is 96.9 Å². The third-order valence-electron chi connectivity index (χ3n) is 3.08. The maximum Gasteiger partial charge on any atom is 0.130 e. The zero-order chi connectivity index (χ0) is 11.6. The fourth-order valence-electron chi connectivity index (χ4n) is 1.99. The van der Waals surface area contributed by atoms with Gasteiger partial charge in [-0.3, -0.25) is 0 Å². The van der Waals surface area contributed by atoms with Gasteiger partial charge in [0.1, 0.15) is 12.1 Å². The average molecular weight is 220 g/mol. The molecule has 0 radical (unpaired) electrons. The molecule has 1 unspecified atom stereocenters. The molecule has 1 aromatic rings. The molecule has 1 atom stereocenters. The molecule has 16 heavy (non-hydrogen) atoms. The van der Waals surface area contributed by atoms with Gasteiger partial charge in [0.15, 0.2) is 0 Å². The van der Waals surface area contributed by atoms with Gasteiger partial charge in [-0.25, -0.2) is 9.97 Å². The molecule has 0 saturated carbocycles. The minimum Gasteiger partial charge on any atom is -0.363 e. The predicted octanol–water partition coefficient (Wildman–Crippen LogP) is 1.76. The second-order valence-corrected chi connectivity index (χ2v) is 5.10. The molecule has 1 saturated heterocycles. The van der Waals surface area contributed by atoms with Gasteiger partial charge in [0.05, 0.1) is 0 Å². The van der Waals surface area contributed by atoms with Crippen LogP contribution < -0.4 is 10.6 Å².